The molecular weight excluding hydrogens is 312 g/mol. The van der Waals surface area contributed by atoms with Crippen LogP contribution in [0.2, 0.25) is 0 Å². The lowest BCUT2D eigenvalue weighted by Crippen LogP contribution is -2.40. The quantitative estimate of drug-likeness (QED) is 0.718. The third-order valence-electron chi connectivity index (χ3n) is 4.07. The normalized spacial score (nSPS) is 20.0. The maximum absolute atomic E-state index is 12.0. The van der Waals surface area contributed by atoms with Crippen LogP contribution in [0.25, 0.3) is 0 Å². The SMILES string of the molecule is CCOC(=O)c1ccc(NC(=O)NC2CCC(C(=O)O)CC2)cc1. The van der Waals surface area contributed by atoms with Gasteiger partial charge in [0.1, 0.15) is 0 Å². The predicted octanol–water partition coefficient (Wildman–Crippen LogP) is 2.63. The number of ether oxygens (including phenoxy) is 1. The Morgan fingerprint density at radius 1 is 1.12 bits per heavy atom. The van der Waals surface area contributed by atoms with Gasteiger partial charge in [-0.25, -0.2) is 9.59 Å². The summed E-state index contributed by atoms with van der Waals surface area (Å²) in [5, 5.41) is 14.5. The number of hydrogen-bond acceptors (Lipinski definition) is 4. The van der Waals surface area contributed by atoms with Crippen LogP contribution < -0.4 is 10.6 Å². The van der Waals surface area contributed by atoms with Gasteiger partial charge in [0.25, 0.3) is 0 Å². The highest BCUT2D eigenvalue weighted by Crippen LogP contribution is 2.24. The van der Waals surface area contributed by atoms with Crippen LogP contribution in [0, 0.1) is 5.92 Å². The second-order valence-electron chi connectivity index (χ2n) is 5.78. The molecule has 0 unspecified atom stereocenters. The maximum atomic E-state index is 12.0. The third kappa shape index (κ3) is 4.97. The molecule has 7 nitrogen and oxygen atoms in total. The third-order valence-corrected chi connectivity index (χ3v) is 4.07. The van der Waals surface area contributed by atoms with Gasteiger partial charge in [-0.2, -0.15) is 0 Å². The first kappa shape index (κ1) is 17.8. The molecule has 0 aromatic heterocycles. The summed E-state index contributed by atoms with van der Waals surface area (Å²) < 4.78 is 4.89. The van der Waals surface area contributed by atoms with Crippen molar-refractivity contribution in [3.05, 3.63) is 29.8 Å². The average molecular weight is 334 g/mol. The van der Waals surface area contributed by atoms with Crippen molar-refractivity contribution < 1.29 is 24.2 Å². The van der Waals surface area contributed by atoms with Crippen LogP contribution in [-0.2, 0) is 9.53 Å². The molecule has 2 rings (SSSR count). The number of aliphatic carboxylic acids is 1. The molecule has 1 fully saturated rings. The molecule has 0 heterocycles. The van der Waals surface area contributed by atoms with Crippen LogP contribution in [0.1, 0.15) is 43.0 Å². The smallest absolute Gasteiger partial charge is 0.338 e. The zero-order valence-electron chi connectivity index (χ0n) is 13.6. The van der Waals surface area contributed by atoms with E-state index in [1.54, 1.807) is 31.2 Å². The van der Waals surface area contributed by atoms with Gasteiger partial charge in [-0.1, -0.05) is 0 Å². The number of rotatable bonds is 5. The van der Waals surface area contributed by atoms with Crippen LogP contribution in [0.3, 0.4) is 0 Å². The van der Waals surface area contributed by atoms with Crippen LogP contribution in [0.5, 0.6) is 0 Å². The molecule has 130 valence electrons. The molecule has 1 aliphatic carbocycles. The number of carbonyl (C=O) groups excluding carboxylic acids is 2. The Balaban J connectivity index is 1.80. The number of urea groups is 1. The monoisotopic (exact) mass is 334 g/mol. The molecule has 1 aromatic rings. The predicted molar refractivity (Wildman–Crippen MR) is 87.9 cm³/mol. The Kier molecular flexibility index (Phi) is 6.17. The van der Waals surface area contributed by atoms with Crippen LogP contribution in [-0.4, -0.2) is 35.7 Å². The fourth-order valence-corrected chi connectivity index (χ4v) is 2.74. The van der Waals surface area contributed by atoms with Crippen molar-refractivity contribution in [2.75, 3.05) is 11.9 Å². The Morgan fingerprint density at radius 2 is 1.75 bits per heavy atom. The fraction of sp³-hybridized carbons (Fsp3) is 0.471. The Morgan fingerprint density at radius 3 is 2.29 bits per heavy atom. The zero-order valence-corrected chi connectivity index (χ0v) is 13.6. The molecule has 0 bridgehead atoms. The van der Waals surface area contributed by atoms with Gasteiger partial charge >= 0.3 is 18.0 Å². The zero-order chi connectivity index (χ0) is 17.5. The summed E-state index contributed by atoms with van der Waals surface area (Å²) in [6, 6.07) is 6.09. The van der Waals surface area contributed by atoms with Crippen molar-refractivity contribution in [1.82, 2.24) is 5.32 Å². The lowest BCUT2D eigenvalue weighted by molar-refractivity contribution is -0.142. The highest BCUT2D eigenvalue weighted by atomic mass is 16.5. The van der Waals surface area contributed by atoms with Crippen molar-refractivity contribution in [3.63, 3.8) is 0 Å². The van der Waals surface area contributed by atoms with Crippen LogP contribution in [0.4, 0.5) is 10.5 Å². The molecule has 1 aromatic carbocycles. The van der Waals surface area contributed by atoms with Gasteiger partial charge < -0.3 is 20.5 Å². The minimum absolute atomic E-state index is 0.0144. The molecule has 7 heteroatoms. The standard InChI is InChI=1S/C17H22N2O5/c1-2-24-16(22)12-5-9-14(10-6-12)19-17(23)18-13-7-3-11(4-8-13)15(20)21/h5-6,9-11,13H,2-4,7-8H2,1H3,(H,20,21)(H2,18,19,23). The van der Waals surface area contributed by atoms with E-state index in [9.17, 15) is 14.4 Å². The first-order valence-corrected chi connectivity index (χ1v) is 8.07. The molecule has 0 saturated heterocycles. The van der Waals surface area contributed by atoms with E-state index in [2.05, 4.69) is 10.6 Å². The molecule has 3 N–H and O–H groups in total. The number of amides is 2. The van der Waals surface area contributed by atoms with Gasteiger partial charge in [0.05, 0.1) is 18.1 Å². The lowest BCUT2D eigenvalue weighted by atomic mass is 9.86. The molecule has 2 amide bonds. The number of carbonyl (C=O) groups is 3. The molecule has 0 radical (unpaired) electrons. The van der Waals surface area contributed by atoms with E-state index < -0.39 is 11.9 Å². The minimum atomic E-state index is -0.764. The minimum Gasteiger partial charge on any atom is -0.481 e. The second kappa shape index (κ2) is 8.33. The van der Waals surface area contributed by atoms with E-state index in [1.807, 2.05) is 0 Å². The Labute approximate surface area is 140 Å². The van der Waals surface area contributed by atoms with E-state index >= 15 is 0 Å². The number of anilines is 1. The summed E-state index contributed by atoms with van der Waals surface area (Å²) in [6.07, 6.45) is 2.47. The largest absolute Gasteiger partial charge is 0.481 e. The topological polar surface area (TPSA) is 105 Å². The van der Waals surface area contributed by atoms with Gasteiger partial charge in [-0.3, -0.25) is 4.79 Å². The first-order chi connectivity index (χ1) is 11.5. The molecule has 1 saturated carbocycles. The molecule has 24 heavy (non-hydrogen) atoms. The highest BCUT2D eigenvalue weighted by molar-refractivity contribution is 5.92. The summed E-state index contributed by atoms with van der Waals surface area (Å²) in [4.78, 5) is 34.4. The van der Waals surface area contributed by atoms with Crippen molar-refractivity contribution in [1.29, 1.82) is 0 Å². The number of carboxylic acids is 1. The number of nitrogens with one attached hydrogen (secondary N) is 2. The van der Waals surface area contributed by atoms with Crippen LogP contribution in [0.15, 0.2) is 24.3 Å². The molecule has 0 aliphatic heterocycles. The molecule has 1 aliphatic rings. The average Bonchev–Trinajstić information content (AvgIpc) is 2.56. The van der Waals surface area contributed by atoms with Gasteiger partial charge in [0, 0.05) is 11.7 Å². The Bertz CT molecular complexity index is 592. The van der Waals surface area contributed by atoms with Gasteiger partial charge in [-0.05, 0) is 56.9 Å². The number of hydrogen-bond donors (Lipinski definition) is 3. The molecular formula is C17H22N2O5. The van der Waals surface area contributed by atoms with E-state index in [-0.39, 0.29) is 18.0 Å². The van der Waals surface area contributed by atoms with Crippen LogP contribution >= 0.6 is 0 Å². The second-order valence-corrected chi connectivity index (χ2v) is 5.78. The molecule has 0 spiro atoms. The first-order valence-electron chi connectivity index (χ1n) is 8.07. The highest BCUT2D eigenvalue weighted by Gasteiger charge is 2.26. The number of benzene rings is 1. The summed E-state index contributed by atoms with van der Waals surface area (Å²) in [6.45, 7) is 2.05. The van der Waals surface area contributed by atoms with Crippen molar-refractivity contribution >= 4 is 23.7 Å². The summed E-state index contributed by atoms with van der Waals surface area (Å²) in [5.41, 5.74) is 0.995. The summed E-state index contributed by atoms with van der Waals surface area (Å²) in [7, 11) is 0. The maximum Gasteiger partial charge on any atom is 0.338 e. The Hall–Kier alpha value is -2.57. The number of esters is 1. The van der Waals surface area contributed by atoms with E-state index in [0.29, 0.717) is 43.5 Å². The van der Waals surface area contributed by atoms with Gasteiger partial charge in [0.2, 0.25) is 0 Å². The van der Waals surface area contributed by atoms with Crippen molar-refractivity contribution in [2.24, 2.45) is 5.92 Å². The van der Waals surface area contributed by atoms with E-state index in [1.165, 1.54) is 0 Å². The van der Waals surface area contributed by atoms with Crippen molar-refractivity contribution in [3.8, 4) is 0 Å². The van der Waals surface area contributed by atoms with E-state index in [4.69, 9.17) is 9.84 Å². The molecule has 0 atom stereocenters. The summed E-state index contributed by atoms with van der Waals surface area (Å²) in [5.74, 6) is -1.47. The van der Waals surface area contributed by atoms with E-state index in [0.717, 1.165) is 0 Å². The lowest BCUT2D eigenvalue weighted by Gasteiger charge is -2.26. The van der Waals surface area contributed by atoms with Gasteiger partial charge in [0.15, 0.2) is 0 Å². The number of carboxylic acid groups (broad SMARTS) is 1. The fourth-order valence-electron chi connectivity index (χ4n) is 2.74. The summed E-state index contributed by atoms with van der Waals surface area (Å²) >= 11 is 0. The van der Waals surface area contributed by atoms with Gasteiger partial charge in [-0.15, -0.1) is 0 Å². The van der Waals surface area contributed by atoms with Crippen molar-refractivity contribution in [2.45, 2.75) is 38.6 Å².